The first-order valence-corrected chi connectivity index (χ1v) is 11.1. The van der Waals surface area contributed by atoms with Gasteiger partial charge in [0.2, 0.25) is 15.9 Å². The molecule has 0 unspecified atom stereocenters. The average molecular weight is 429 g/mol. The van der Waals surface area contributed by atoms with E-state index in [1.807, 2.05) is 6.92 Å². The number of nitrogens with zero attached hydrogens (tertiary/aromatic N) is 1. The minimum Gasteiger partial charge on any atom is -0.355 e. The zero-order valence-corrected chi connectivity index (χ0v) is 17.4. The van der Waals surface area contributed by atoms with Gasteiger partial charge >= 0.3 is 0 Å². The Balaban J connectivity index is 1.37. The molecule has 8 nitrogen and oxygen atoms in total. The van der Waals surface area contributed by atoms with Crippen molar-refractivity contribution in [1.29, 1.82) is 0 Å². The molecule has 2 N–H and O–H groups in total. The molecule has 1 aliphatic heterocycles. The highest BCUT2D eigenvalue weighted by Gasteiger charge is 2.34. The van der Waals surface area contributed by atoms with Crippen LogP contribution >= 0.6 is 0 Å². The maximum absolute atomic E-state index is 12.3. The van der Waals surface area contributed by atoms with Crippen molar-refractivity contribution in [1.82, 2.24) is 14.9 Å². The Hall–Kier alpha value is -3.04. The number of sulfonamides is 1. The lowest BCUT2D eigenvalue weighted by atomic mass is 10.1. The number of carbonyl (C=O) groups excluding carboxylic acids is 3. The molecule has 0 radical (unpaired) electrons. The number of benzene rings is 2. The van der Waals surface area contributed by atoms with Crippen LogP contribution in [0.5, 0.6) is 0 Å². The predicted molar refractivity (Wildman–Crippen MR) is 110 cm³/mol. The summed E-state index contributed by atoms with van der Waals surface area (Å²) in [7, 11) is -3.62. The lowest BCUT2D eigenvalue weighted by Crippen LogP contribution is -2.35. The molecule has 30 heavy (non-hydrogen) atoms. The van der Waals surface area contributed by atoms with Gasteiger partial charge < -0.3 is 5.32 Å². The summed E-state index contributed by atoms with van der Waals surface area (Å²) in [6.07, 6.45) is 0.449. The van der Waals surface area contributed by atoms with Crippen molar-refractivity contribution in [3.05, 3.63) is 65.2 Å². The number of rotatable bonds is 9. The van der Waals surface area contributed by atoms with Crippen LogP contribution < -0.4 is 10.0 Å². The summed E-state index contributed by atoms with van der Waals surface area (Å²) in [4.78, 5) is 37.8. The molecule has 0 fully saturated rings. The molecular weight excluding hydrogens is 406 g/mol. The van der Waals surface area contributed by atoms with Crippen LogP contribution in [0.2, 0.25) is 0 Å². The number of amides is 3. The van der Waals surface area contributed by atoms with E-state index in [0.717, 1.165) is 10.5 Å². The van der Waals surface area contributed by atoms with E-state index in [4.69, 9.17) is 0 Å². The van der Waals surface area contributed by atoms with Crippen LogP contribution in [0.3, 0.4) is 0 Å². The average Bonchev–Trinajstić information content (AvgIpc) is 2.97. The highest BCUT2D eigenvalue weighted by molar-refractivity contribution is 7.89. The molecule has 0 atom stereocenters. The van der Waals surface area contributed by atoms with Crippen molar-refractivity contribution >= 4 is 27.7 Å². The van der Waals surface area contributed by atoms with Gasteiger partial charge in [-0.25, -0.2) is 13.1 Å². The normalized spacial score (nSPS) is 13.4. The maximum Gasteiger partial charge on any atom is 0.261 e. The number of carbonyl (C=O) groups is 3. The van der Waals surface area contributed by atoms with Gasteiger partial charge in [-0.2, -0.15) is 0 Å². The van der Waals surface area contributed by atoms with E-state index in [2.05, 4.69) is 10.0 Å². The van der Waals surface area contributed by atoms with Crippen LogP contribution in [0.1, 0.15) is 39.1 Å². The molecule has 0 bridgehead atoms. The van der Waals surface area contributed by atoms with Crippen LogP contribution in [-0.4, -0.2) is 50.7 Å². The predicted octanol–water partition coefficient (Wildman–Crippen LogP) is 1.47. The third-order valence-corrected chi connectivity index (χ3v) is 6.21. The second-order valence-electron chi connectivity index (χ2n) is 6.97. The molecule has 9 heteroatoms. The molecule has 2 aromatic rings. The lowest BCUT2D eigenvalue weighted by Gasteiger charge is -2.13. The number of hydrogen-bond donors (Lipinski definition) is 2. The van der Waals surface area contributed by atoms with Gasteiger partial charge in [0, 0.05) is 26.1 Å². The summed E-state index contributed by atoms with van der Waals surface area (Å²) in [6, 6.07) is 13.1. The van der Waals surface area contributed by atoms with Crippen molar-refractivity contribution in [3.63, 3.8) is 0 Å². The second kappa shape index (κ2) is 9.19. The summed E-state index contributed by atoms with van der Waals surface area (Å²) in [5.41, 5.74) is 1.73. The highest BCUT2D eigenvalue weighted by atomic mass is 32.2. The zero-order valence-electron chi connectivity index (χ0n) is 16.6. The fourth-order valence-corrected chi connectivity index (χ4v) is 4.15. The monoisotopic (exact) mass is 429 g/mol. The molecule has 0 spiro atoms. The van der Waals surface area contributed by atoms with Gasteiger partial charge in [0.15, 0.2) is 0 Å². The zero-order chi connectivity index (χ0) is 21.7. The maximum atomic E-state index is 12.3. The topological polar surface area (TPSA) is 113 Å². The van der Waals surface area contributed by atoms with Crippen LogP contribution in [-0.2, 0) is 14.8 Å². The van der Waals surface area contributed by atoms with E-state index >= 15 is 0 Å². The van der Waals surface area contributed by atoms with Gasteiger partial charge in [0.05, 0.1) is 16.0 Å². The summed E-state index contributed by atoms with van der Waals surface area (Å²) >= 11 is 0. The van der Waals surface area contributed by atoms with Crippen LogP contribution in [0, 0.1) is 6.92 Å². The lowest BCUT2D eigenvalue weighted by molar-refractivity contribution is -0.121. The van der Waals surface area contributed by atoms with Gasteiger partial charge in [-0.3, -0.25) is 19.3 Å². The third-order valence-electron chi connectivity index (χ3n) is 4.73. The molecule has 2 aromatic carbocycles. The van der Waals surface area contributed by atoms with E-state index < -0.39 is 10.0 Å². The first kappa shape index (κ1) is 21.7. The summed E-state index contributed by atoms with van der Waals surface area (Å²) < 4.78 is 26.8. The van der Waals surface area contributed by atoms with E-state index in [9.17, 15) is 22.8 Å². The number of aryl methyl sites for hydroxylation is 1. The fourth-order valence-electron chi connectivity index (χ4n) is 3.12. The molecule has 3 rings (SSSR count). The first-order valence-electron chi connectivity index (χ1n) is 9.58. The largest absolute Gasteiger partial charge is 0.355 e. The van der Waals surface area contributed by atoms with Crippen molar-refractivity contribution < 1.29 is 22.8 Å². The molecule has 3 amide bonds. The van der Waals surface area contributed by atoms with Crippen molar-refractivity contribution in [2.45, 2.75) is 24.7 Å². The number of hydrogen-bond acceptors (Lipinski definition) is 5. The molecule has 0 aliphatic carbocycles. The van der Waals surface area contributed by atoms with Gasteiger partial charge in [-0.1, -0.05) is 29.8 Å². The van der Waals surface area contributed by atoms with Crippen LogP contribution in [0.15, 0.2) is 53.4 Å². The Morgan fingerprint density at radius 3 is 2.13 bits per heavy atom. The van der Waals surface area contributed by atoms with E-state index in [1.165, 1.54) is 12.1 Å². The Kier molecular flexibility index (Phi) is 6.63. The quantitative estimate of drug-likeness (QED) is 0.463. The van der Waals surface area contributed by atoms with Crippen LogP contribution in [0.25, 0.3) is 0 Å². The highest BCUT2D eigenvalue weighted by Crippen LogP contribution is 2.22. The van der Waals surface area contributed by atoms with Gasteiger partial charge in [-0.15, -0.1) is 0 Å². The summed E-state index contributed by atoms with van der Waals surface area (Å²) in [5.74, 6) is -0.968. The minimum absolute atomic E-state index is 0.0559. The van der Waals surface area contributed by atoms with Gasteiger partial charge in [0.25, 0.3) is 11.8 Å². The van der Waals surface area contributed by atoms with Crippen molar-refractivity contribution in [3.8, 4) is 0 Å². The van der Waals surface area contributed by atoms with Gasteiger partial charge in [-0.05, 0) is 37.6 Å². The molecule has 1 aliphatic rings. The molecule has 1 heterocycles. The van der Waals surface area contributed by atoms with E-state index in [0.29, 0.717) is 17.5 Å². The standard InChI is InChI=1S/C21H23N3O5S/c1-15-8-10-16(11-9-15)30(28,29)23-13-12-22-19(25)7-4-14-24-20(26)17-5-2-3-6-18(17)21(24)27/h2-3,5-6,8-11,23H,4,7,12-14H2,1H3,(H,22,25). The Morgan fingerprint density at radius 2 is 1.53 bits per heavy atom. The van der Waals surface area contributed by atoms with Crippen molar-refractivity contribution in [2.24, 2.45) is 0 Å². The minimum atomic E-state index is -3.62. The molecule has 0 saturated carbocycles. The number of imide groups is 1. The van der Waals surface area contributed by atoms with Crippen LogP contribution in [0.4, 0.5) is 0 Å². The molecule has 158 valence electrons. The molecule has 0 saturated heterocycles. The molecular formula is C21H23N3O5S. The summed E-state index contributed by atoms with van der Waals surface area (Å²) in [6.45, 7) is 2.21. The van der Waals surface area contributed by atoms with E-state index in [1.54, 1.807) is 36.4 Å². The first-order chi connectivity index (χ1) is 14.3. The fraction of sp³-hybridized carbons (Fsp3) is 0.286. The SMILES string of the molecule is Cc1ccc(S(=O)(=O)NCCNC(=O)CCCN2C(=O)c3ccccc3C2=O)cc1. The Bertz CT molecular complexity index is 1030. The van der Waals surface area contributed by atoms with E-state index in [-0.39, 0.29) is 48.7 Å². The van der Waals surface area contributed by atoms with Gasteiger partial charge in [0.1, 0.15) is 0 Å². The summed E-state index contributed by atoms with van der Waals surface area (Å²) in [5, 5.41) is 2.63. The Labute approximate surface area is 175 Å². The third kappa shape index (κ3) is 4.92. The number of fused-ring (bicyclic) bond motifs is 1. The number of nitrogens with one attached hydrogen (secondary N) is 2. The Morgan fingerprint density at radius 1 is 0.933 bits per heavy atom. The second-order valence-corrected chi connectivity index (χ2v) is 8.74. The van der Waals surface area contributed by atoms with Crippen molar-refractivity contribution in [2.75, 3.05) is 19.6 Å². The molecule has 0 aromatic heterocycles. The smallest absolute Gasteiger partial charge is 0.261 e.